The molecule has 0 amide bonds. The van der Waals surface area contributed by atoms with E-state index in [1.54, 1.807) is 42.3 Å². The van der Waals surface area contributed by atoms with Crippen LogP contribution < -0.4 is 9.05 Å². The van der Waals surface area contributed by atoms with E-state index in [0.717, 1.165) is 11.1 Å². The van der Waals surface area contributed by atoms with Crippen molar-refractivity contribution in [2.24, 2.45) is 20.3 Å². The number of hydrogen-bond acceptors (Lipinski definition) is 6. The molecule has 2 aromatic rings. The molecular formula is C15H17N9O2P4S. The molecule has 0 aliphatic carbocycles. The van der Waals surface area contributed by atoms with Gasteiger partial charge in [0.15, 0.2) is 6.21 Å². The van der Waals surface area contributed by atoms with Gasteiger partial charge < -0.3 is 9.05 Å². The minimum Gasteiger partial charge on any atom is -0.466 e. The van der Waals surface area contributed by atoms with Gasteiger partial charge in [0.2, 0.25) is 7.07 Å². The van der Waals surface area contributed by atoms with Gasteiger partial charge in [-0.25, -0.2) is 4.78 Å². The maximum atomic E-state index is 8.35. The van der Waals surface area contributed by atoms with Crippen LogP contribution in [0.15, 0.2) is 68.8 Å². The summed E-state index contributed by atoms with van der Waals surface area (Å²) in [6, 6.07) is 14.4. The standard InChI is InChI=1S/C15H17N9O2P4S/c1-24(29(31)25-14-6-2-12(3-7-14)10-18-22-20-16)19-11-13-4-8-15(9-5-13)26-30(27)28-23-21-17/h2-11,28-29H,27H2,1H3/b18-10?,19-11+. The third-order valence-electron chi connectivity index (χ3n) is 3.30. The quantitative estimate of drug-likeness (QED) is 0.0839. The van der Waals surface area contributed by atoms with Gasteiger partial charge in [0.1, 0.15) is 19.0 Å². The van der Waals surface area contributed by atoms with Gasteiger partial charge in [-0.2, -0.15) is 10.0 Å². The number of rotatable bonds is 11. The van der Waals surface area contributed by atoms with Crippen molar-refractivity contribution in [3.8, 4) is 11.5 Å². The van der Waals surface area contributed by atoms with Crippen LogP contribution in [0.5, 0.6) is 11.5 Å². The molecule has 0 saturated heterocycles. The fourth-order valence-electron chi connectivity index (χ4n) is 1.92. The van der Waals surface area contributed by atoms with Crippen molar-refractivity contribution in [3.63, 3.8) is 0 Å². The lowest BCUT2D eigenvalue weighted by Crippen LogP contribution is -2.03. The number of benzene rings is 2. The van der Waals surface area contributed by atoms with Crippen LogP contribution in [-0.4, -0.2) is 24.3 Å². The first-order valence-corrected chi connectivity index (χ1v) is 15.5. The molecule has 11 nitrogen and oxygen atoms in total. The van der Waals surface area contributed by atoms with Crippen LogP contribution in [0.3, 0.4) is 0 Å². The number of azide groups is 2. The zero-order chi connectivity index (χ0) is 22.5. The molecule has 0 aliphatic heterocycles. The molecule has 0 aromatic heterocycles. The highest BCUT2D eigenvalue weighted by atomic mass is 32.4. The highest BCUT2D eigenvalue weighted by Crippen LogP contribution is 2.63. The Morgan fingerprint density at radius 1 is 1.06 bits per heavy atom. The molecule has 0 aliphatic rings. The van der Waals surface area contributed by atoms with E-state index in [9.17, 15) is 0 Å². The summed E-state index contributed by atoms with van der Waals surface area (Å²) in [4.78, 5) is 8.80. The first-order chi connectivity index (χ1) is 15.0. The number of hydrogen-bond donors (Lipinski definition) is 0. The Labute approximate surface area is 189 Å². The molecule has 4 atom stereocenters. The zero-order valence-corrected chi connectivity index (χ0v) is 20.9. The average Bonchev–Trinajstić information content (AvgIpc) is 2.78. The maximum Gasteiger partial charge on any atom is 0.207 e. The summed E-state index contributed by atoms with van der Waals surface area (Å²) in [6.45, 7) is 0. The van der Waals surface area contributed by atoms with Crippen LogP contribution in [0.4, 0.5) is 0 Å². The molecule has 160 valence electrons. The van der Waals surface area contributed by atoms with Gasteiger partial charge in [0, 0.05) is 31.2 Å². The van der Waals surface area contributed by atoms with Crippen LogP contribution in [0, 0.1) is 0 Å². The molecule has 16 heteroatoms. The lowest BCUT2D eigenvalue weighted by molar-refractivity contribution is 0.515. The van der Waals surface area contributed by atoms with Gasteiger partial charge in [-0.1, -0.05) is 13.8 Å². The number of hydrazone groups is 1. The molecule has 0 bridgehead atoms. The lowest BCUT2D eigenvalue weighted by Gasteiger charge is -2.16. The van der Waals surface area contributed by atoms with Crippen molar-refractivity contribution in [2.75, 3.05) is 7.05 Å². The van der Waals surface area contributed by atoms with E-state index < -0.39 is 14.6 Å². The Kier molecular flexibility index (Phi) is 11.2. The van der Waals surface area contributed by atoms with Gasteiger partial charge in [0.05, 0.1) is 6.21 Å². The third-order valence-corrected chi connectivity index (χ3v) is 8.67. The molecule has 31 heavy (non-hydrogen) atoms. The fraction of sp³-hybridized carbons (Fsp3) is 0.0667. The Morgan fingerprint density at radius 3 is 2.29 bits per heavy atom. The van der Waals surface area contributed by atoms with Crippen molar-refractivity contribution >= 4 is 56.2 Å². The average molecular weight is 511 g/mol. The second-order valence-electron chi connectivity index (χ2n) is 5.40. The van der Waals surface area contributed by atoms with Gasteiger partial charge in [-0.15, -0.1) is 5.53 Å². The molecule has 0 fully saturated rings. The Bertz CT molecular complexity index is 1040. The number of nitrogens with zero attached hydrogens (tertiary/aromatic N) is 9. The third kappa shape index (κ3) is 9.61. The Morgan fingerprint density at radius 2 is 1.68 bits per heavy atom. The smallest absolute Gasteiger partial charge is 0.207 e. The summed E-state index contributed by atoms with van der Waals surface area (Å²) >= 11 is 5.44. The van der Waals surface area contributed by atoms with Gasteiger partial charge in [-0.3, -0.25) is 0 Å². The topological polar surface area (TPSA) is 144 Å². The van der Waals surface area contributed by atoms with Crippen molar-refractivity contribution in [1.82, 2.24) is 4.78 Å². The summed E-state index contributed by atoms with van der Waals surface area (Å²) in [6.07, 6.45) is 3.13. The predicted molar refractivity (Wildman–Crippen MR) is 136 cm³/mol. The van der Waals surface area contributed by atoms with Crippen LogP contribution in [0.1, 0.15) is 11.1 Å². The van der Waals surface area contributed by atoms with E-state index in [4.69, 9.17) is 31.9 Å². The minimum atomic E-state index is -1.80. The molecule has 2 aromatic carbocycles. The first kappa shape index (κ1) is 25.0. The highest BCUT2D eigenvalue weighted by molar-refractivity contribution is 8.45. The lowest BCUT2D eigenvalue weighted by atomic mass is 10.2. The van der Waals surface area contributed by atoms with Crippen LogP contribution in [-0.2, 0) is 11.8 Å². The van der Waals surface area contributed by atoms with Gasteiger partial charge in [-0.05, 0) is 76.5 Å². The van der Waals surface area contributed by atoms with Crippen LogP contribution in [0.25, 0.3) is 20.9 Å². The van der Waals surface area contributed by atoms with Crippen LogP contribution >= 0.6 is 31.9 Å². The van der Waals surface area contributed by atoms with Crippen molar-refractivity contribution in [2.45, 2.75) is 0 Å². The van der Waals surface area contributed by atoms with Gasteiger partial charge >= 0.3 is 0 Å². The fourth-order valence-corrected chi connectivity index (χ4v) is 5.14. The molecule has 4 unspecified atom stereocenters. The summed E-state index contributed by atoms with van der Waals surface area (Å²) in [7, 11) is 1.65. The molecule has 0 saturated carbocycles. The Balaban J connectivity index is 1.88. The monoisotopic (exact) mass is 511 g/mol. The van der Waals surface area contributed by atoms with Crippen molar-refractivity contribution < 1.29 is 9.05 Å². The largest absolute Gasteiger partial charge is 0.466 e. The van der Waals surface area contributed by atoms with E-state index >= 15 is 0 Å². The van der Waals surface area contributed by atoms with E-state index in [1.165, 1.54) is 6.21 Å². The van der Waals surface area contributed by atoms with Crippen LogP contribution in [0.2, 0.25) is 0 Å². The zero-order valence-electron chi connectivity index (χ0n) is 16.0. The SMILES string of the molecule is CN(/N=C/c1ccc(OP(P)PN=[N+]=[N-])cc1)[PH](=S)Oc1ccc(C=NN=[N+]=[N-])cc1. The second kappa shape index (κ2) is 13.9. The minimum absolute atomic E-state index is 0.0445. The van der Waals surface area contributed by atoms with Crippen molar-refractivity contribution in [3.05, 3.63) is 80.5 Å². The van der Waals surface area contributed by atoms with Crippen molar-refractivity contribution in [1.29, 1.82) is 0 Å². The highest BCUT2D eigenvalue weighted by Gasteiger charge is 2.05. The second-order valence-corrected chi connectivity index (χ2v) is 13.9. The molecule has 0 N–H and O–H groups in total. The van der Waals surface area contributed by atoms with E-state index in [0.29, 0.717) is 11.5 Å². The summed E-state index contributed by atoms with van der Waals surface area (Å²) in [5.41, 5.74) is 18.2. The van der Waals surface area contributed by atoms with E-state index in [1.807, 2.05) is 24.3 Å². The van der Waals surface area contributed by atoms with Gasteiger partial charge in [0.25, 0.3) is 0 Å². The summed E-state index contributed by atoms with van der Waals surface area (Å²) < 4.78 is 13.1. The maximum absolute atomic E-state index is 8.35. The predicted octanol–water partition coefficient (Wildman–Crippen LogP) is 6.57. The Hall–Kier alpha value is -2.26. The summed E-state index contributed by atoms with van der Waals surface area (Å²) in [5, 5.41) is 11.0. The first-order valence-electron chi connectivity index (χ1n) is 8.31. The van der Waals surface area contributed by atoms with E-state index in [2.05, 4.69) is 39.1 Å². The molecule has 0 spiro atoms. The van der Waals surface area contributed by atoms with E-state index in [-0.39, 0.29) is 8.42 Å². The molecule has 0 heterocycles. The molecular weight excluding hydrogens is 494 g/mol. The summed E-state index contributed by atoms with van der Waals surface area (Å²) in [5.74, 6) is 1.31. The molecule has 0 radical (unpaired) electrons. The molecule has 2 rings (SSSR count). The normalized spacial score (nSPS) is 13.0.